The lowest BCUT2D eigenvalue weighted by atomic mass is 10.1. The van der Waals surface area contributed by atoms with E-state index in [9.17, 15) is 9.59 Å². The first-order valence-electron chi connectivity index (χ1n) is 10.4. The maximum atomic E-state index is 13.1. The molecule has 0 aromatic heterocycles. The van der Waals surface area contributed by atoms with Crippen molar-refractivity contribution in [3.05, 3.63) is 124 Å². The van der Waals surface area contributed by atoms with E-state index >= 15 is 0 Å². The SMILES string of the molecule is O=C(Nc1ccc(SC(C(=O)Nc2ccccc2)c2ccccc2)cc1)c1ccc(Cl)cc1Cl. The minimum Gasteiger partial charge on any atom is -0.325 e. The zero-order chi connectivity index (χ0) is 23.9. The molecule has 4 rings (SSSR count). The van der Waals surface area contributed by atoms with Gasteiger partial charge in [0.15, 0.2) is 0 Å². The van der Waals surface area contributed by atoms with Crippen LogP contribution in [0.1, 0.15) is 21.2 Å². The first-order chi connectivity index (χ1) is 16.5. The summed E-state index contributed by atoms with van der Waals surface area (Å²) in [5.74, 6) is -0.441. The number of thioether (sulfide) groups is 1. The Hall–Kier alpha value is -3.25. The van der Waals surface area contributed by atoms with E-state index in [-0.39, 0.29) is 16.8 Å². The summed E-state index contributed by atoms with van der Waals surface area (Å²) < 4.78 is 0. The molecule has 7 heteroatoms. The van der Waals surface area contributed by atoms with Crippen molar-refractivity contribution in [1.29, 1.82) is 0 Å². The molecule has 2 N–H and O–H groups in total. The number of amides is 2. The fourth-order valence-corrected chi connectivity index (χ4v) is 4.77. The number of nitrogens with one attached hydrogen (secondary N) is 2. The molecule has 0 saturated carbocycles. The van der Waals surface area contributed by atoms with Crippen molar-refractivity contribution in [2.24, 2.45) is 0 Å². The van der Waals surface area contributed by atoms with Gasteiger partial charge in [0.2, 0.25) is 5.91 Å². The summed E-state index contributed by atoms with van der Waals surface area (Å²) in [7, 11) is 0. The molecule has 0 aliphatic heterocycles. The standard InChI is InChI=1S/C27H20Cl2N2O2S/c28-19-11-16-23(24(29)17-19)26(32)30-21-12-14-22(15-13-21)34-25(18-7-3-1-4-8-18)27(33)31-20-9-5-2-6-10-20/h1-17,25H,(H,30,32)(H,31,33). The van der Waals surface area contributed by atoms with Gasteiger partial charge in [-0.15, -0.1) is 11.8 Å². The third-order valence-electron chi connectivity index (χ3n) is 4.92. The van der Waals surface area contributed by atoms with Crippen LogP contribution in [0.2, 0.25) is 10.0 Å². The fourth-order valence-electron chi connectivity index (χ4n) is 3.26. The van der Waals surface area contributed by atoms with E-state index in [4.69, 9.17) is 23.2 Å². The zero-order valence-electron chi connectivity index (χ0n) is 17.9. The van der Waals surface area contributed by atoms with Gasteiger partial charge in [0.05, 0.1) is 10.6 Å². The number of hydrogen-bond donors (Lipinski definition) is 2. The van der Waals surface area contributed by atoms with Crippen LogP contribution in [0.3, 0.4) is 0 Å². The predicted octanol–water partition coefficient (Wildman–Crippen LogP) is 7.72. The summed E-state index contributed by atoms with van der Waals surface area (Å²) >= 11 is 13.5. The van der Waals surface area contributed by atoms with Crippen molar-refractivity contribution in [3.63, 3.8) is 0 Å². The second kappa shape index (κ2) is 11.3. The fraction of sp³-hybridized carbons (Fsp3) is 0.0370. The summed E-state index contributed by atoms with van der Waals surface area (Å²) in [5, 5.41) is 6.12. The number of para-hydroxylation sites is 1. The average molecular weight is 507 g/mol. The number of carbonyl (C=O) groups excluding carboxylic acids is 2. The van der Waals surface area contributed by atoms with Crippen molar-refractivity contribution < 1.29 is 9.59 Å². The predicted molar refractivity (Wildman–Crippen MR) is 141 cm³/mol. The molecule has 1 atom stereocenters. The zero-order valence-corrected chi connectivity index (χ0v) is 20.2. The van der Waals surface area contributed by atoms with Crippen LogP contribution in [0, 0.1) is 0 Å². The van der Waals surface area contributed by atoms with Crippen LogP contribution in [0.5, 0.6) is 0 Å². The second-order valence-electron chi connectivity index (χ2n) is 7.37. The average Bonchev–Trinajstić information content (AvgIpc) is 2.84. The molecule has 4 nitrogen and oxygen atoms in total. The quantitative estimate of drug-likeness (QED) is 0.252. The Labute approximate surface area is 212 Å². The van der Waals surface area contributed by atoms with Gasteiger partial charge in [-0.2, -0.15) is 0 Å². The van der Waals surface area contributed by atoms with Crippen LogP contribution in [0.4, 0.5) is 11.4 Å². The van der Waals surface area contributed by atoms with Crippen LogP contribution in [0.15, 0.2) is 108 Å². The van der Waals surface area contributed by atoms with E-state index in [1.54, 1.807) is 24.3 Å². The molecule has 4 aromatic carbocycles. The third kappa shape index (κ3) is 6.20. The number of halogens is 2. The van der Waals surface area contributed by atoms with Crippen molar-refractivity contribution >= 4 is 58.2 Å². The summed E-state index contributed by atoms with van der Waals surface area (Å²) in [5.41, 5.74) is 2.60. The van der Waals surface area contributed by atoms with Gasteiger partial charge < -0.3 is 10.6 Å². The van der Waals surface area contributed by atoms with Crippen LogP contribution >= 0.6 is 35.0 Å². The van der Waals surface area contributed by atoms with Crippen LogP contribution in [0.25, 0.3) is 0 Å². The molecule has 0 radical (unpaired) electrons. The minimum absolute atomic E-state index is 0.114. The van der Waals surface area contributed by atoms with E-state index in [1.165, 1.54) is 17.8 Å². The maximum absolute atomic E-state index is 13.1. The van der Waals surface area contributed by atoms with E-state index in [0.29, 0.717) is 16.3 Å². The lowest BCUT2D eigenvalue weighted by molar-refractivity contribution is -0.115. The largest absolute Gasteiger partial charge is 0.325 e. The van der Waals surface area contributed by atoms with Gasteiger partial charge in [0, 0.05) is 21.3 Å². The molecule has 4 aromatic rings. The topological polar surface area (TPSA) is 58.2 Å². The smallest absolute Gasteiger partial charge is 0.257 e. The second-order valence-corrected chi connectivity index (χ2v) is 9.39. The van der Waals surface area contributed by atoms with Crippen LogP contribution in [-0.2, 0) is 4.79 Å². The number of anilines is 2. The first kappa shape index (κ1) is 23.9. The molecule has 34 heavy (non-hydrogen) atoms. The molecule has 170 valence electrons. The molecule has 0 bridgehead atoms. The Kier molecular flexibility index (Phi) is 7.91. The van der Waals surface area contributed by atoms with Gasteiger partial charge >= 0.3 is 0 Å². The van der Waals surface area contributed by atoms with Crippen molar-refractivity contribution in [2.45, 2.75) is 10.1 Å². The Morgan fingerprint density at radius 1 is 0.706 bits per heavy atom. The molecule has 0 fully saturated rings. The molecule has 0 heterocycles. The van der Waals surface area contributed by atoms with Crippen molar-refractivity contribution in [1.82, 2.24) is 0 Å². The summed E-state index contributed by atoms with van der Waals surface area (Å²) in [6.45, 7) is 0. The van der Waals surface area contributed by atoms with Gasteiger partial charge in [-0.05, 0) is 60.2 Å². The Balaban J connectivity index is 1.48. The van der Waals surface area contributed by atoms with Crippen molar-refractivity contribution in [2.75, 3.05) is 10.6 Å². The monoisotopic (exact) mass is 506 g/mol. The van der Waals surface area contributed by atoms with Gasteiger partial charge in [-0.25, -0.2) is 0 Å². The molecule has 2 amide bonds. The molecule has 0 aliphatic rings. The normalized spacial score (nSPS) is 11.5. The van der Waals surface area contributed by atoms with Gasteiger partial charge in [-0.1, -0.05) is 71.7 Å². The Morgan fingerprint density at radius 2 is 1.32 bits per heavy atom. The number of hydrogen-bond acceptors (Lipinski definition) is 3. The first-order valence-corrected chi connectivity index (χ1v) is 12.1. The van der Waals surface area contributed by atoms with E-state index in [0.717, 1.165) is 16.1 Å². The van der Waals surface area contributed by atoms with Crippen molar-refractivity contribution in [3.8, 4) is 0 Å². The lowest BCUT2D eigenvalue weighted by Gasteiger charge is -2.17. The number of benzene rings is 4. The molecular weight excluding hydrogens is 487 g/mol. The van der Waals surface area contributed by atoms with Crippen LogP contribution in [-0.4, -0.2) is 11.8 Å². The Morgan fingerprint density at radius 3 is 1.97 bits per heavy atom. The molecular formula is C27H20Cl2N2O2S. The number of rotatable bonds is 7. The van der Waals surface area contributed by atoms with Crippen LogP contribution < -0.4 is 10.6 Å². The summed E-state index contributed by atoms with van der Waals surface area (Å²) in [6.07, 6.45) is 0. The summed E-state index contributed by atoms with van der Waals surface area (Å²) in [4.78, 5) is 26.6. The Bertz CT molecular complexity index is 1280. The van der Waals surface area contributed by atoms with E-state index in [1.807, 2.05) is 72.8 Å². The van der Waals surface area contributed by atoms with E-state index < -0.39 is 5.25 Å². The van der Waals surface area contributed by atoms with Gasteiger partial charge in [-0.3, -0.25) is 9.59 Å². The third-order valence-corrected chi connectivity index (χ3v) is 6.74. The summed E-state index contributed by atoms with van der Waals surface area (Å²) in [6, 6.07) is 31.1. The lowest BCUT2D eigenvalue weighted by Crippen LogP contribution is -2.19. The number of carbonyl (C=O) groups is 2. The highest BCUT2D eigenvalue weighted by molar-refractivity contribution is 8.00. The minimum atomic E-state index is -0.449. The highest BCUT2D eigenvalue weighted by Gasteiger charge is 2.22. The highest BCUT2D eigenvalue weighted by atomic mass is 35.5. The maximum Gasteiger partial charge on any atom is 0.257 e. The molecule has 0 aliphatic carbocycles. The highest BCUT2D eigenvalue weighted by Crippen LogP contribution is 2.36. The van der Waals surface area contributed by atoms with Gasteiger partial charge in [0.25, 0.3) is 5.91 Å². The molecule has 0 saturated heterocycles. The van der Waals surface area contributed by atoms with Gasteiger partial charge in [0.1, 0.15) is 5.25 Å². The molecule has 0 spiro atoms. The van der Waals surface area contributed by atoms with E-state index in [2.05, 4.69) is 10.6 Å². The molecule has 1 unspecified atom stereocenters.